The number of nitrogens with zero attached hydrogens (tertiary/aromatic N) is 3. The molecule has 1 heterocycles. The third-order valence-electron chi connectivity index (χ3n) is 4.30. The lowest BCUT2D eigenvalue weighted by Gasteiger charge is -2.21. The SMILES string of the molecule is CCN(CC)c1ccc(Nc2nc(C)cc(Nc3ccc(F)c(F)c3)n2)cc1. The van der Waals surface area contributed by atoms with Crippen LogP contribution in [0.4, 0.5) is 37.6 Å². The summed E-state index contributed by atoms with van der Waals surface area (Å²) in [5.74, 6) is -0.899. The van der Waals surface area contributed by atoms with E-state index in [-0.39, 0.29) is 0 Å². The number of benzene rings is 2. The smallest absolute Gasteiger partial charge is 0.229 e. The van der Waals surface area contributed by atoms with Gasteiger partial charge in [-0.05, 0) is 57.2 Å². The molecule has 0 saturated carbocycles. The Balaban J connectivity index is 1.76. The highest BCUT2D eigenvalue weighted by atomic mass is 19.2. The molecule has 146 valence electrons. The fourth-order valence-electron chi connectivity index (χ4n) is 2.88. The van der Waals surface area contributed by atoms with Gasteiger partial charge < -0.3 is 15.5 Å². The van der Waals surface area contributed by atoms with Crippen LogP contribution in [0, 0.1) is 18.6 Å². The van der Waals surface area contributed by atoms with Gasteiger partial charge in [0.25, 0.3) is 0 Å². The third kappa shape index (κ3) is 4.73. The lowest BCUT2D eigenvalue weighted by molar-refractivity contribution is 0.509. The van der Waals surface area contributed by atoms with Crippen molar-refractivity contribution in [3.05, 3.63) is 65.9 Å². The molecule has 2 N–H and O–H groups in total. The molecule has 5 nitrogen and oxygen atoms in total. The Morgan fingerprint density at radius 2 is 1.50 bits per heavy atom. The quantitative estimate of drug-likeness (QED) is 0.572. The van der Waals surface area contributed by atoms with Crippen molar-refractivity contribution in [3.8, 4) is 0 Å². The molecule has 3 rings (SSSR count). The molecule has 0 aliphatic rings. The molecule has 28 heavy (non-hydrogen) atoms. The Kier molecular flexibility index (Phi) is 6.03. The van der Waals surface area contributed by atoms with E-state index in [1.165, 1.54) is 6.07 Å². The maximum atomic E-state index is 13.4. The minimum absolute atomic E-state index is 0.409. The van der Waals surface area contributed by atoms with Crippen LogP contribution in [0.25, 0.3) is 0 Å². The summed E-state index contributed by atoms with van der Waals surface area (Å²) < 4.78 is 26.5. The Bertz CT molecular complexity index is 940. The molecule has 0 amide bonds. The van der Waals surface area contributed by atoms with Gasteiger partial charge in [0.1, 0.15) is 5.82 Å². The van der Waals surface area contributed by atoms with Gasteiger partial charge in [0.05, 0.1) is 0 Å². The van der Waals surface area contributed by atoms with Crippen LogP contribution in [0.5, 0.6) is 0 Å². The molecule has 0 atom stereocenters. The summed E-state index contributed by atoms with van der Waals surface area (Å²) in [4.78, 5) is 11.1. The Hall–Kier alpha value is -3.22. The highest BCUT2D eigenvalue weighted by Crippen LogP contribution is 2.22. The van der Waals surface area contributed by atoms with Gasteiger partial charge in [0.2, 0.25) is 5.95 Å². The van der Waals surface area contributed by atoms with Crippen molar-refractivity contribution in [1.82, 2.24) is 9.97 Å². The molecular formula is C21H23F2N5. The molecule has 2 aromatic carbocycles. The first kappa shape index (κ1) is 19.5. The second-order valence-electron chi connectivity index (χ2n) is 6.32. The lowest BCUT2D eigenvalue weighted by Crippen LogP contribution is -2.21. The van der Waals surface area contributed by atoms with E-state index in [9.17, 15) is 8.78 Å². The van der Waals surface area contributed by atoms with E-state index in [0.29, 0.717) is 17.5 Å². The Morgan fingerprint density at radius 1 is 0.821 bits per heavy atom. The van der Waals surface area contributed by atoms with E-state index in [1.54, 1.807) is 6.07 Å². The van der Waals surface area contributed by atoms with Crippen LogP contribution in [0.1, 0.15) is 19.5 Å². The monoisotopic (exact) mass is 383 g/mol. The summed E-state index contributed by atoms with van der Waals surface area (Å²) >= 11 is 0. The summed E-state index contributed by atoms with van der Waals surface area (Å²) in [6.07, 6.45) is 0. The summed E-state index contributed by atoms with van der Waals surface area (Å²) in [7, 11) is 0. The normalized spacial score (nSPS) is 10.6. The van der Waals surface area contributed by atoms with Crippen LogP contribution in [0.2, 0.25) is 0 Å². The maximum Gasteiger partial charge on any atom is 0.229 e. The first-order valence-electron chi connectivity index (χ1n) is 9.18. The van der Waals surface area contributed by atoms with Crippen molar-refractivity contribution in [2.75, 3.05) is 28.6 Å². The Morgan fingerprint density at radius 3 is 2.14 bits per heavy atom. The highest BCUT2D eigenvalue weighted by Gasteiger charge is 2.07. The summed E-state index contributed by atoms with van der Waals surface area (Å²) in [5.41, 5.74) is 3.16. The van der Waals surface area contributed by atoms with Gasteiger partial charge in [-0.3, -0.25) is 0 Å². The molecule has 0 unspecified atom stereocenters. The third-order valence-corrected chi connectivity index (χ3v) is 4.30. The van der Waals surface area contributed by atoms with E-state index < -0.39 is 11.6 Å². The number of anilines is 5. The largest absolute Gasteiger partial charge is 0.372 e. The summed E-state index contributed by atoms with van der Waals surface area (Å²) in [6, 6.07) is 13.4. The van der Waals surface area contributed by atoms with Gasteiger partial charge in [-0.2, -0.15) is 4.98 Å². The average Bonchev–Trinajstić information content (AvgIpc) is 2.66. The average molecular weight is 383 g/mol. The van der Waals surface area contributed by atoms with Crippen molar-refractivity contribution < 1.29 is 8.78 Å². The number of halogens is 2. The molecule has 0 saturated heterocycles. The number of hydrogen-bond donors (Lipinski definition) is 2. The summed E-state index contributed by atoms with van der Waals surface area (Å²) in [6.45, 7) is 7.98. The molecule has 0 aliphatic heterocycles. The number of aryl methyl sites for hydroxylation is 1. The predicted octanol–water partition coefficient (Wildman–Crippen LogP) is 5.40. The van der Waals surface area contributed by atoms with Crippen molar-refractivity contribution in [1.29, 1.82) is 0 Å². The first-order chi connectivity index (χ1) is 13.5. The molecule has 0 radical (unpaired) electrons. The van der Waals surface area contributed by atoms with Crippen molar-refractivity contribution in [2.24, 2.45) is 0 Å². The van der Waals surface area contributed by atoms with E-state index in [4.69, 9.17) is 0 Å². The first-order valence-corrected chi connectivity index (χ1v) is 9.18. The molecule has 0 aliphatic carbocycles. The van der Waals surface area contributed by atoms with Crippen molar-refractivity contribution >= 4 is 28.8 Å². The van der Waals surface area contributed by atoms with Gasteiger partial charge in [-0.1, -0.05) is 0 Å². The zero-order valence-electron chi connectivity index (χ0n) is 16.1. The summed E-state index contributed by atoms with van der Waals surface area (Å²) in [5, 5.41) is 6.15. The number of rotatable bonds is 7. The Labute approximate surface area is 163 Å². The van der Waals surface area contributed by atoms with Crippen LogP contribution < -0.4 is 15.5 Å². The zero-order chi connectivity index (χ0) is 20.1. The number of nitrogens with one attached hydrogen (secondary N) is 2. The minimum Gasteiger partial charge on any atom is -0.372 e. The van der Waals surface area contributed by atoms with Gasteiger partial charge in [0.15, 0.2) is 11.6 Å². The van der Waals surface area contributed by atoms with Gasteiger partial charge >= 0.3 is 0 Å². The molecule has 3 aromatic rings. The van der Waals surface area contributed by atoms with Crippen LogP contribution >= 0.6 is 0 Å². The molecule has 0 fully saturated rings. The standard InChI is InChI=1S/C21H23F2N5/c1-4-28(5-2)17-9-6-15(7-10-17)26-21-24-14(3)12-20(27-21)25-16-8-11-18(22)19(23)13-16/h6-13H,4-5H2,1-3H3,(H2,24,25,26,27). The topological polar surface area (TPSA) is 53.1 Å². The maximum absolute atomic E-state index is 13.4. The molecule has 0 bridgehead atoms. The molecular weight excluding hydrogens is 360 g/mol. The van der Waals surface area contributed by atoms with Crippen molar-refractivity contribution in [3.63, 3.8) is 0 Å². The zero-order valence-corrected chi connectivity index (χ0v) is 16.1. The van der Waals surface area contributed by atoms with E-state index in [1.807, 2.05) is 31.2 Å². The molecule has 7 heteroatoms. The van der Waals surface area contributed by atoms with Crippen LogP contribution in [0.3, 0.4) is 0 Å². The van der Waals surface area contributed by atoms with E-state index in [0.717, 1.165) is 42.3 Å². The van der Waals surface area contributed by atoms with E-state index in [2.05, 4.69) is 39.3 Å². The minimum atomic E-state index is -0.914. The van der Waals surface area contributed by atoms with Gasteiger partial charge in [-0.25, -0.2) is 13.8 Å². The second-order valence-corrected chi connectivity index (χ2v) is 6.32. The van der Waals surface area contributed by atoms with Crippen LogP contribution in [0.15, 0.2) is 48.5 Å². The van der Waals surface area contributed by atoms with E-state index >= 15 is 0 Å². The van der Waals surface area contributed by atoms with Crippen LogP contribution in [-0.2, 0) is 0 Å². The fourth-order valence-corrected chi connectivity index (χ4v) is 2.88. The highest BCUT2D eigenvalue weighted by molar-refractivity contribution is 5.62. The van der Waals surface area contributed by atoms with Crippen LogP contribution in [-0.4, -0.2) is 23.1 Å². The van der Waals surface area contributed by atoms with Gasteiger partial charge in [-0.15, -0.1) is 0 Å². The van der Waals surface area contributed by atoms with Gasteiger partial charge in [0, 0.05) is 48.0 Å². The van der Waals surface area contributed by atoms with Crippen molar-refractivity contribution in [2.45, 2.75) is 20.8 Å². The second kappa shape index (κ2) is 8.65. The number of aromatic nitrogens is 2. The molecule has 0 spiro atoms. The predicted molar refractivity (Wildman–Crippen MR) is 110 cm³/mol. The number of hydrogen-bond acceptors (Lipinski definition) is 5. The molecule has 1 aromatic heterocycles. The lowest BCUT2D eigenvalue weighted by atomic mass is 10.2. The fraction of sp³-hybridized carbons (Fsp3) is 0.238.